The highest BCUT2D eigenvalue weighted by molar-refractivity contribution is 6.26. The zero-order valence-electron chi connectivity index (χ0n) is 11.7. The van der Waals surface area contributed by atoms with Crippen LogP contribution in [0, 0.1) is 5.41 Å². The Balaban J connectivity index is 4.60. The molecule has 0 aliphatic carbocycles. The van der Waals surface area contributed by atoms with Gasteiger partial charge in [-0.25, -0.2) is 4.79 Å². The van der Waals surface area contributed by atoms with Crippen molar-refractivity contribution in [3.05, 3.63) is 0 Å². The molecule has 0 fully saturated rings. The Morgan fingerprint density at radius 2 is 2.05 bits per heavy atom. The van der Waals surface area contributed by atoms with Crippen molar-refractivity contribution in [3.8, 4) is 0 Å². The molecule has 4 N–H and O–H groups in total. The van der Waals surface area contributed by atoms with Gasteiger partial charge in [0, 0.05) is 20.1 Å². The number of carbonyl (C=O) groups excluding carboxylic acids is 3. The maximum atomic E-state index is 11.7. The molecule has 0 heterocycles. The molecule has 0 spiro atoms. The molecule has 0 aliphatic rings. The van der Waals surface area contributed by atoms with Gasteiger partial charge in [0.1, 0.15) is 18.8 Å². The van der Waals surface area contributed by atoms with Crippen molar-refractivity contribution in [1.29, 1.82) is 5.41 Å². The number of Topliss-reactive ketones (excluding diaryl/α,β-unsaturated/α-hetero) is 1. The second kappa shape index (κ2) is 10.0. The Morgan fingerprint density at radius 1 is 1.40 bits per heavy atom. The molecule has 0 aliphatic heterocycles. The van der Waals surface area contributed by atoms with Crippen LogP contribution in [0.15, 0.2) is 0 Å². The van der Waals surface area contributed by atoms with Crippen molar-refractivity contribution in [2.45, 2.75) is 31.9 Å². The molecule has 0 saturated heterocycles. The first-order valence-electron chi connectivity index (χ1n) is 6.19. The van der Waals surface area contributed by atoms with Crippen molar-refractivity contribution in [3.63, 3.8) is 0 Å². The number of ketones is 1. The number of methoxy groups -OCH3 is 1. The monoisotopic (exact) mass is 287 g/mol. The minimum Gasteiger partial charge on any atom is -0.463 e. The van der Waals surface area contributed by atoms with Gasteiger partial charge in [-0.3, -0.25) is 9.59 Å². The standard InChI is InChI=1S/C12H21N3O5/c1-8(19-2)11(17)15-10(4-3-9(16)7-14)12(18)20-6-5-13/h7-8,10,14H,3-6,13H2,1-2H3,(H,15,17)/t8-,10+/m1/s1. The fraction of sp³-hybridized carbons (Fsp3) is 0.667. The molecular weight excluding hydrogens is 266 g/mol. The quantitative estimate of drug-likeness (QED) is 0.349. The number of ether oxygens (including phenoxy) is 2. The van der Waals surface area contributed by atoms with Gasteiger partial charge in [-0.2, -0.15) is 0 Å². The summed E-state index contributed by atoms with van der Waals surface area (Å²) in [5, 5.41) is 9.25. The number of hydrogen-bond donors (Lipinski definition) is 3. The van der Waals surface area contributed by atoms with Crippen molar-refractivity contribution in [1.82, 2.24) is 5.32 Å². The highest BCUT2D eigenvalue weighted by atomic mass is 16.5. The molecule has 2 atom stereocenters. The summed E-state index contributed by atoms with van der Waals surface area (Å²) in [4.78, 5) is 34.5. The summed E-state index contributed by atoms with van der Waals surface area (Å²) in [5.74, 6) is -1.58. The van der Waals surface area contributed by atoms with Crippen LogP contribution >= 0.6 is 0 Å². The van der Waals surface area contributed by atoms with Gasteiger partial charge >= 0.3 is 5.97 Å². The van der Waals surface area contributed by atoms with E-state index in [0.717, 1.165) is 0 Å². The normalized spacial score (nSPS) is 13.2. The van der Waals surface area contributed by atoms with E-state index >= 15 is 0 Å². The predicted octanol–water partition coefficient (Wildman–Crippen LogP) is -0.993. The first-order valence-corrected chi connectivity index (χ1v) is 6.19. The summed E-state index contributed by atoms with van der Waals surface area (Å²) in [6, 6.07) is -0.962. The van der Waals surface area contributed by atoms with E-state index in [4.69, 9.17) is 20.6 Å². The largest absolute Gasteiger partial charge is 0.463 e. The van der Waals surface area contributed by atoms with E-state index in [9.17, 15) is 14.4 Å². The van der Waals surface area contributed by atoms with Gasteiger partial charge in [0.2, 0.25) is 5.91 Å². The molecule has 0 rings (SSSR count). The summed E-state index contributed by atoms with van der Waals surface area (Å²) < 4.78 is 9.68. The Hall–Kier alpha value is -1.80. The molecule has 0 radical (unpaired) electrons. The van der Waals surface area contributed by atoms with Crippen molar-refractivity contribution in [2.24, 2.45) is 5.73 Å². The SMILES string of the molecule is CO[C@H](C)C(=O)N[C@@H](CCC(=O)C=N)C(=O)OCCN. The van der Waals surface area contributed by atoms with E-state index < -0.39 is 29.8 Å². The summed E-state index contributed by atoms with van der Waals surface area (Å²) >= 11 is 0. The zero-order valence-corrected chi connectivity index (χ0v) is 11.7. The molecule has 8 nitrogen and oxygen atoms in total. The van der Waals surface area contributed by atoms with Crippen LogP contribution in [-0.2, 0) is 23.9 Å². The average Bonchev–Trinajstić information content (AvgIpc) is 2.47. The minimum absolute atomic E-state index is 0.0313. The molecule has 0 bridgehead atoms. The molecule has 0 aromatic heterocycles. The smallest absolute Gasteiger partial charge is 0.328 e. The summed E-state index contributed by atoms with van der Waals surface area (Å²) in [5.41, 5.74) is 5.22. The van der Waals surface area contributed by atoms with Crippen molar-refractivity contribution >= 4 is 23.9 Å². The molecule has 0 aromatic rings. The van der Waals surface area contributed by atoms with Crippen LogP contribution in [-0.4, -0.2) is 56.3 Å². The predicted molar refractivity (Wildman–Crippen MR) is 71.4 cm³/mol. The van der Waals surface area contributed by atoms with Crippen molar-refractivity contribution < 1.29 is 23.9 Å². The Kier molecular flexibility index (Phi) is 9.14. The van der Waals surface area contributed by atoms with Gasteiger partial charge in [0.25, 0.3) is 0 Å². The van der Waals surface area contributed by atoms with Crippen LogP contribution in [0.4, 0.5) is 0 Å². The topological polar surface area (TPSA) is 132 Å². The minimum atomic E-state index is -0.962. The van der Waals surface area contributed by atoms with Crippen molar-refractivity contribution in [2.75, 3.05) is 20.3 Å². The Labute approximate surface area is 117 Å². The van der Waals surface area contributed by atoms with E-state index in [2.05, 4.69) is 5.32 Å². The molecule has 8 heteroatoms. The highest BCUT2D eigenvalue weighted by Gasteiger charge is 2.25. The lowest BCUT2D eigenvalue weighted by Gasteiger charge is -2.19. The van der Waals surface area contributed by atoms with E-state index in [0.29, 0.717) is 6.21 Å². The van der Waals surface area contributed by atoms with Crippen LogP contribution in [0.2, 0.25) is 0 Å². The molecular formula is C12H21N3O5. The van der Waals surface area contributed by atoms with Crippen LogP contribution in [0.5, 0.6) is 0 Å². The van der Waals surface area contributed by atoms with E-state index in [1.54, 1.807) is 0 Å². The summed E-state index contributed by atoms with van der Waals surface area (Å²) in [6.07, 6.45) is -0.0342. The third-order valence-electron chi connectivity index (χ3n) is 2.53. The lowest BCUT2D eigenvalue weighted by molar-refractivity contribution is -0.149. The first-order chi connectivity index (χ1) is 9.46. The van der Waals surface area contributed by atoms with Crippen LogP contribution < -0.4 is 11.1 Å². The number of nitrogens with two attached hydrogens (primary N) is 1. The maximum Gasteiger partial charge on any atom is 0.328 e. The lowest BCUT2D eigenvalue weighted by atomic mass is 10.1. The zero-order chi connectivity index (χ0) is 15.5. The van der Waals surface area contributed by atoms with Gasteiger partial charge in [-0.15, -0.1) is 0 Å². The third-order valence-corrected chi connectivity index (χ3v) is 2.53. The lowest BCUT2D eigenvalue weighted by Crippen LogP contribution is -2.46. The van der Waals surface area contributed by atoms with Crippen LogP contribution in [0.3, 0.4) is 0 Å². The second-order valence-electron chi connectivity index (χ2n) is 4.04. The van der Waals surface area contributed by atoms with E-state index in [1.165, 1.54) is 14.0 Å². The number of hydrogen-bond acceptors (Lipinski definition) is 7. The third kappa shape index (κ3) is 6.95. The van der Waals surface area contributed by atoms with Gasteiger partial charge in [0.15, 0.2) is 5.78 Å². The molecule has 0 saturated carbocycles. The number of rotatable bonds is 10. The average molecular weight is 287 g/mol. The summed E-state index contributed by atoms with van der Waals surface area (Å²) in [7, 11) is 1.37. The molecule has 0 unspecified atom stereocenters. The number of amides is 1. The summed E-state index contributed by atoms with van der Waals surface area (Å²) in [6.45, 7) is 1.73. The van der Waals surface area contributed by atoms with Crippen LogP contribution in [0.1, 0.15) is 19.8 Å². The Morgan fingerprint density at radius 3 is 2.55 bits per heavy atom. The first kappa shape index (κ1) is 18.2. The van der Waals surface area contributed by atoms with Gasteiger partial charge in [0.05, 0.1) is 6.21 Å². The number of carbonyl (C=O) groups is 3. The van der Waals surface area contributed by atoms with E-state index in [-0.39, 0.29) is 26.0 Å². The van der Waals surface area contributed by atoms with Gasteiger partial charge < -0.3 is 25.9 Å². The fourth-order valence-electron chi connectivity index (χ4n) is 1.26. The maximum absolute atomic E-state index is 11.7. The molecule has 20 heavy (non-hydrogen) atoms. The van der Waals surface area contributed by atoms with E-state index in [1.807, 2.05) is 0 Å². The number of esters is 1. The number of nitrogens with one attached hydrogen (secondary N) is 2. The highest BCUT2D eigenvalue weighted by Crippen LogP contribution is 2.02. The van der Waals surface area contributed by atoms with Gasteiger partial charge in [-0.05, 0) is 13.3 Å². The van der Waals surface area contributed by atoms with Crippen LogP contribution in [0.25, 0.3) is 0 Å². The second-order valence-corrected chi connectivity index (χ2v) is 4.04. The molecule has 1 amide bonds. The Bertz CT molecular complexity index is 359. The molecule has 114 valence electrons. The van der Waals surface area contributed by atoms with Gasteiger partial charge in [-0.1, -0.05) is 0 Å². The fourth-order valence-corrected chi connectivity index (χ4v) is 1.26. The molecule has 0 aromatic carbocycles.